The molecule has 0 aliphatic heterocycles. The first-order valence-electron chi connectivity index (χ1n) is 7.31. The van der Waals surface area contributed by atoms with Gasteiger partial charge >= 0.3 is 11.9 Å². The molecule has 1 saturated carbocycles. The standard InChI is InChI=1S/C16H21NO4/c18-15(19)13(12-7-8-12)10-17-14(16(20)21)9-6-11-4-2-1-3-5-11/h1-5,12-14,17H,6-10H2,(H,18,19)(H,20,21). The lowest BCUT2D eigenvalue weighted by Crippen LogP contribution is -2.41. The summed E-state index contributed by atoms with van der Waals surface area (Å²) >= 11 is 0. The van der Waals surface area contributed by atoms with Crippen molar-refractivity contribution in [1.29, 1.82) is 0 Å². The Balaban J connectivity index is 1.84. The smallest absolute Gasteiger partial charge is 0.320 e. The Kier molecular flexibility index (Phi) is 5.33. The van der Waals surface area contributed by atoms with Crippen LogP contribution in [0.5, 0.6) is 0 Å². The molecule has 5 nitrogen and oxygen atoms in total. The molecule has 1 aromatic rings. The fourth-order valence-corrected chi connectivity index (χ4v) is 2.49. The molecule has 1 aromatic carbocycles. The van der Waals surface area contributed by atoms with Gasteiger partial charge in [-0.3, -0.25) is 9.59 Å². The normalized spacial score (nSPS) is 17.1. The summed E-state index contributed by atoms with van der Waals surface area (Å²) in [6, 6.07) is 8.99. The van der Waals surface area contributed by atoms with Crippen molar-refractivity contribution >= 4 is 11.9 Å². The van der Waals surface area contributed by atoms with E-state index in [1.807, 2.05) is 30.3 Å². The van der Waals surface area contributed by atoms with E-state index < -0.39 is 23.9 Å². The van der Waals surface area contributed by atoms with E-state index in [0.29, 0.717) is 12.8 Å². The van der Waals surface area contributed by atoms with Crippen molar-refractivity contribution in [3.8, 4) is 0 Å². The highest BCUT2D eigenvalue weighted by atomic mass is 16.4. The molecule has 0 bridgehead atoms. The molecule has 2 rings (SSSR count). The van der Waals surface area contributed by atoms with Crippen molar-refractivity contribution in [3.05, 3.63) is 35.9 Å². The maximum atomic E-state index is 11.3. The Morgan fingerprint density at radius 3 is 2.33 bits per heavy atom. The number of rotatable bonds is 9. The van der Waals surface area contributed by atoms with Crippen molar-refractivity contribution in [2.45, 2.75) is 31.7 Å². The first kappa shape index (κ1) is 15.5. The SMILES string of the molecule is O=C(O)C(CCc1ccccc1)NCC(C(=O)O)C1CC1. The molecule has 1 aliphatic rings. The predicted octanol–water partition coefficient (Wildman–Crippen LogP) is 1.77. The number of hydrogen-bond donors (Lipinski definition) is 3. The van der Waals surface area contributed by atoms with Gasteiger partial charge in [0, 0.05) is 6.54 Å². The first-order valence-corrected chi connectivity index (χ1v) is 7.31. The zero-order valence-electron chi connectivity index (χ0n) is 11.9. The van der Waals surface area contributed by atoms with Crippen molar-refractivity contribution in [1.82, 2.24) is 5.32 Å². The van der Waals surface area contributed by atoms with E-state index in [1.165, 1.54) is 0 Å². The summed E-state index contributed by atoms with van der Waals surface area (Å²) in [4.78, 5) is 22.4. The molecule has 2 atom stereocenters. The highest BCUT2D eigenvalue weighted by molar-refractivity contribution is 5.74. The molecular weight excluding hydrogens is 270 g/mol. The summed E-state index contributed by atoms with van der Waals surface area (Å²) in [7, 11) is 0. The van der Waals surface area contributed by atoms with Gasteiger partial charge in [0.1, 0.15) is 6.04 Å². The summed E-state index contributed by atoms with van der Waals surface area (Å²) in [5.74, 6) is -2.02. The maximum Gasteiger partial charge on any atom is 0.320 e. The minimum atomic E-state index is -0.925. The van der Waals surface area contributed by atoms with Crippen LogP contribution in [0.4, 0.5) is 0 Å². The van der Waals surface area contributed by atoms with E-state index in [4.69, 9.17) is 5.11 Å². The lowest BCUT2D eigenvalue weighted by Gasteiger charge is -2.18. The molecule has 0 aromatic heterocycles. The third-order valence-corrected chi connectivity index (χ3v) is 3.96. The number of nitrogens with one attached hydrogen (secondary N) is 1. The molecule has 21 heavy (non-hydrogen) atoms. The van der Waals surface area contributed by atoms with Gasteiger partial charge in [0.25, 0.3) is 0 Å². The minimum Gasteiger partial charge on any atom is -0.481 e. The maximum absolute atomic E-state index is 11.3. The molecule has 3 N–H and O–H groups in total. The molecule has 0 spiro atoms. The number of aryl methyl sites for hydroxylation is 1. The zero-order chi connectivity index (χ0) is 15.2. The molecule has 0 heterocycles. The van der Waals surface area contributed by atoms with Gasteiger partial charge in [-0.25, -0.2) is 0 Å². The third kappa shape index (κ3) is 4.86. The summed E-state index contributed by atoms with van der Waals surface area (Å²) in [5, 5.41) is 21.3. The Morgan fingerprint density at radius 1 is 1.14 bits per heavy atom. The van der Waals surface area contributed by atoms with Crippen LogP contribution in [0.3, 0.4) is 0 Å². The molecule has 5 heteroatoms. The lowest BCUT2D eigenvalue weighted by molar-refractivity contribution is -0.144. The predicted molar refractivity (Wildman–Crippen MR) is 78.0 cm³/mol. The Morgan fingerprint density at radius 2 is 1.81 bits per heavy atom. The Bertz CT molecular complexity index is 484. The highest BCUT2D eigenvalue weighted by Crippen LogP contribution is 2.36. The second-order valence-corrected chi connectivity index (χ2v) is 5.61. The van der Waals surface area contributed by atoms with Crippen LogP contribution < -0.4 is 5.32 Å². The van der Waals surface area contributed by atoms with Crippen LogP contribution in [-0.4, -0.2) is 34.7 Å². The fraction of sp³-hybridized carbons (Fsp3) is 0.500. The average Bonchev–Trinajstić information content (AvgIpc) is 3.27. The lowest BCUT2D eigenvalue weighted by atomic mass is 10.0. The van der Waals surface area contributed by atoms with Gasteiger partial charge in [0.2, 0.25) is 0 Å². The monoisotopic (exact) mass is 291 g/mol. The van der Waals surface area contributed by atoms with Gasteiger partial charge in [0.15, 0.2) is 0 Å². The number of carboxylic acids is 2. The van der Waals surface area contributed by atoms with Crippen LogP contribution >= 0.6 is 0 Å². The van der Waals surface area contributed by atoms with Crippen LogP contribution in [0.2, 0.25) is 0 Å². The number of carboxylic acid groups (broad SMARTS) is 2. The average molecular weight is 291 g/mol. The number of aliphatic carboxylic acids is 2. The first-order chi connectivity index (χ1) is 10.1. The summed E-state index contributed by atoms with van der Waals surface area (Å²) in [5.41, 5.74) is 1.09. The zero-order valence-corrected chi connectivity index (χ0v) is 11.9. The molecule has 0 saturated heterocycles. The van der Waals surface area contributed by atoms with Gasteiger partial charge in [0.05, 0.1) is 5.92 Å². The number of benzene rings is 1. The third-order valence-electron chi connectivity index (χ3n) is 3.96. The largest absolute Gasteiger partial charge is 0.481 e. The summed E-state index contributed by atoms with van der Waals surface area (Å²) in [6.45, 7) is 0.228. The Hall–Kier alpha value is -1.88. The van der Waals surface area contributed by atoms with Crippen LogP contribution in [-0.2, 0) is 16.0 Å². The fourth-order valence-electron chi connectivity index (χ4n) is 2.49. The molecule has 2 unspecified atom stereocenters. The molecule has 114 valence electrons. The Labute approximate surface area is 124 Å². The van der Waals surface area contributed by atoms with Gasteiger partial charge in [-0.15, -0.1) is 0 Å². The topological polar surface area (TPSA) is 86.6 Å². The van der Waals surface area contributed by atoms with Crippen molar-refractivity contribution in [2.24, 2.45) is 11.8 Å². The molecule has 1 aliphatic carbocycles. The summed E-state index contributed by atoms with van der Waals surface area (Å²) in [6.07, 6.45) is 2.98. The quantitative estimate of drug-likeness (QED) is 0.645. The molecule has 1 fully saturated rings. The van der Waals surface area contributed by atoms with Gasteiger partial charge < -0.3 is 15.5 Å². The minimum absolute atomic E-state index is 0.207. The molecule has 0 radical (unpaired) electrons. The molecule has 0 amide bonds. The second-order valence-electron chi connectivity index (χ2n) is 5.61. The van der Waals surface area contributed by atoms with Crippen molar-refractivity contribution in [3.63, 3.8) is 0 Å². The van der Waals surface area contributed by atoms with E-state index in [-0.39, 0.29) is 12.5 Å². The van der Waals surface area contributed by atoms with E-state index in [1.54, 1.807) is 0 Å². The van der Waals surface area contributed by atoms with E-state index >= 15 is 0 Å². The van der Waals surface area contributed by atoms with Gasteiger partial charge in [-0.1, -0.05) is 30.3 Å². The number of carbonyl (C=O) groups is 2. The van der Waals surface area contributed by atoms with Crippen LogP contribution in [0.1, 0.15) is 24.8 Å². The van der Waals surface area contributed by atoms with E-state index in [9.17, 15) is 14.7 Å². The van der Waals surface area contributed by atoms with Gasteiger partial charge in [-0.2, -0.15) is 0 Å². The highest BCUT2D eigenvalue weighted by Gasteiger charge is 2.36. The van der Waals surface area contributed by atoms with Crippen LogP contribution in [0, 0.1) is 11.8 Å². The van der Waals surface area contributed by atoms with E-state index in [0.717, 1.165) is 18.4 Å². The second kappa shape index (κ2) is 7.22. The molecular formula is C16H21NO4. The van der Waals surface area contributed by atoms with Gasteiger partial charge in [-0.05, 0) is 37.2 Å². The van der Waals surface area contributed by atoms with E-state index in [2.05, 4.69) is 5.32 Å². The number of hydrogen-bond acceptors (Lipinski definition) is 3. The van der Waals surface area contributed by atoms with Crippen molar-refractivity contribution in [2.75, 3.05) is 6.54 Å². The van der Waals surface area contributed by atoms with Crippen molar-refractivity contribution < 1.29 is 19.8 Å². The van der Waals surface area contributed by atoms with Crippen LogP contribution in [0.25, 0.3) is 0 Å². The summed E-state index contributed by atoms with van der Waals surface area (Å²) < 4.78 is 0. The van der Waals surface area contributed by atoms with Crippen LogP contribution in [0.15, 0.2) is 30.3 Å².